The van der Waals surface area contributed by atoms with Crippen molar-refractivity contribution in [2.75, 3.05) is 36.5 Å². The van der Waals surface area contributed by atoms with Gasteiger partial charge in [0.1, 0.15) is 17.7 Å². The van der Waals surface area contributed by atoms with E-state index in [1.165, 1.54) is 29.7 Å². The largest absolute Gasteiger partial charge is 0.493 e. The third kappa shape index (κ3) is 5.98. The lowest BCUT2D eigenvalue weighted by molar-refractivity contribution is -0.118. The van der Waals surface area contributed by atoms with Crippen molar-refractivity contribution in [2.45, 2.75) is 38.3 Å². The van der Waals surface area contributed by atoms with Crippen molar-refractivity contribution >= 4 is 23.6 Å². The lowest BCUT2D eigenvalue weighted by Gasteiger charge is -2.25. The van der Waals surface area contributed by atoms with Gasteiger partial charge >= 0.3 is 6.09 Å². The van der Waals surface area contributed by atoms with Crippen LogP contribution in [0.3, 0.4) is 0 Å². The van der Waals surface area contributed by atoms with Crippen LogP contribution in [0.25, 0.3) is 11.1 Å². The fourth-order valence-corrected chi connectivity index (χ4v) is 4.96. The predicted molar refractivity (Wildman–Crippen MR) is 147 cm³/mol. The molecule has 9 nitrogen and oxygen atoms in total. The Kier molecular flexibility index (Phi) is 7.31. The normalized spacial score (nSPS) is 18.6. The van der Waals surface area contributed by atoms with Gasteiger partial charge in [-0.2, -0.15) is 0 Å². The zero-order valence-electron chi connectivity index (χ0n) is 21.7. The molecule has 2 aliphatic heterocycles. The number of aromatic nitrogens is 1. The van der Waals surface area contributed by atoms with Gasteiger partial charge in [0.15, 0.2) is 18.2 Å². The minimum Gasteiger partial charge on any atom is -0.493 e. The van der Waals surface area contributed by atoms with E-state index in [2.05, 4.69) is 52.0 Å². The van der Waals surface area contributed by atoms with Crippen LogP contribution in [0.4, 0.5) is 16.4 Å². The minimum absolute atomic E-state index is 0.0400. The van der Waals surface area contributed by atoms with Crippen LogP contribution < -0.4 is 25.0 Å². The van der Waals surface area contributed by atoms with Crippen molar-refractivity contribution in [3.8, 4) is 22.6 Å². The summed E-state index contributed by atoms with van der Waals surface area (Å²) in [6, 6.07) is 20.2. The maximum atomic E-state index is 12.5. The third-order valence-corrected chi connectivity index (χ3v) is 7.39. The van der Waals surface area contributed by atoms with E-state index < -0.39 is 6.09 Å². The number of anilines is 2. The molecule has 0 radical (unpaired) electrons. The first kappa shape index (κ1) is 25.2. The number of nitrogens with one attached hydrogen (secondary N) is 2. The van der Waals surface area contributed by atoms with Crippen LogP contribution >= 0.6 is 0 Å². The van der Waals surface area contributed by atoms with Crippen molar-refractivity contribution in [3.05, 3.63) is 66.2 Å². The van der Waals surface area contributed by atoms with Gasteiger partial charge in [0.05, 0.1) is 13.2 Å². The smallest absolute Gasteiger partial charge is 0.415 e. The highest BCUT2D eigenvalue weighted by Gasteiger charge is 2.33. The number of nitrogens with zero attached hydrogens (tertiary/aromatic N) is 2. The molecule has 0 unspecified atom stereocenters. The average molecular weight is 529 g/mol. The van der Waals surface area contributed by atoms with E-state index in [4.69, 9.17) is 14.2 Å². The van der Waals surface area contributed by atoms with E-state index >= 15 is 0 Å². The van der Waals surface area contributed by atoms with Gasteiger partial charge in [-0.15, -0.1) is 0 Å². The first-order valence-electron chi connectivity index (χ1n) is 13.6. The lowest BCUT2D eigenvalue weighted by atomic mass is 9.86. The Morgan fingerprint density at radius 3 is 2.74 bits per heavy atom. The molecule has 1 saturated heterocycles. The number of fused-ring (bicyclic) bond motifs is 1. The number of hydrogen-bond acceptors (Lipinski definition) is 7. The number of pyridine rings is 1. The molecule has 3 aliphatic rings. The number of cyclic esters (lactones) is 1. The van der Waals surface area contributed by atoms with Crippen LogP contribution in [0.1, 0.15) is 31.2 Å². The zero-order chi connectivity index (χ0) is 26.6. The van der Waals surface area contributed by atoms with Gasteiger partial charge in [0.2, 0.25) is 0 Å². The van der Waals surface area contributed by atoms with Gasteiger partial charge in [0, 0.05) is 6.54 Å². The number of hydrogen-bond donors (Lipinski definition) is 2. The maximum absolute atomic E-state index is 12.5. The summed E-state index contributed by atoms with van der Waals surface area (Å²) in [7, 11) is 0. The molecule has 202 valence electrons. The first-order chi connectivity index (χ1) is 19.1. The van der Waals surface area contributed by atoms with Gasteiger partial charge in [-0.25, -0.2) is 9.78 Å². The fourth-order valence-electron chi connectivity index (χ4n) is 4.96. The first-order valence-corrected chi connectivity index (χ1v) is 13.6. The van der Waals surface area contributed by atoms with E-state index in [9.17, 15) is 9.59 Å². The summed E-state index contributed by atoms with van der Waals surface area (Å²) in [6.07, 6.45) is 3.86. The summed E-state index contributed by atoms with van der Waals surface area (Å²) in [4.78, 5) is 29.9. The zero-order valence-corrected chi connectivity index (χ0v) is 21.7. The number of ether oxygens (including phenoxy) is 3. The second-order valence-corrected chi connectivity index (χ2v) is 10.3. The minimum atomic E-state index is -0.442. The Balaban J connectivity index is 0.989. The molecule has 0 spiro atoms. The highest BCUT2D eigenvalue weighted by molar-refractivity contribution is 5.95. The van der Waals surface area contributed by atoms with E-state index in [0.29, 0.717) is 49.4 Å². The molecule has 1 saturated carbocycles. The lowest BCUT2D eigenvalue weighted by Crippen LogP contribution is -2.29. The van der Waals surface area contributed by atoms with Crippen molar-refractivity contribution in [2.24, 2.45) is 5.92 Å². The standard InChI is InChI=1S/C30H32N4O5/c35-28-19-38-26-10-11-27(32-29(26)33-28)34-17-25(39-30(34)36)12-13-31-16-21-6-2-7-22(14-21)23-8-3-9-24(15-23)37-18-20-4-1-5-20/h2-3,6-11,14-15,20,25,31H,1,4-5,12-13,16-19H2,(H,32,33,35)/t25-/m0/s1. The van der Waals surface area contributed by atoms with E-state index in [1.807, 2.05) is 12.1 Å². The Morgan fingerprint density at radius 2 is 1.90 bits per heavy atom. The van der Waals surface area contributed by atoms with Crippen molar-refractivity contribution in [1.29, 1.82) is 0 Å². The molecular weight excluding hydrogens is 496 g/mol. The highest BCUT2D eigenvalue weighted by Crippen LogP contribution is 2.31. The summed E-state index contributed by atoms with van der Waals surface area (Å²) in [5.41, 5.74) is 3.48. The quantitative estimate of drug-likeness (QED) is 0.366. The molecule has 3 aromatic rings. The van der Waals surface area contributed by atoms with E-state index in [1.54, 1.807) is 12.1 Å². The number of carbonyl (C=O) groups is 2. The predicted octanol–water partition coefficient (Wildman–Crippen LogP) is 4.76. The fraction of sp³-hybridized carbons (Fsp3) is 0.367. The molecule has 6 rings (SSSR count). The summed E-state index contributed by atoms with van der Waals surface area (Å²) < 4.78 is 16.9. The van der Waals surface area contributed by atoms with Crippen LogP contribution in [0.5, 0.6) is 11.5 Å². The van der Waals surface area contributed by atoms with Crippen LogP contribution in [0, 0.1) is 5.92 Å². The topological polar surface area (TPSA) is 102 Å². The Hall–Kier alpha value is -4.11. The van der Waals surface area contributed by atoms with Crippen molar-refractivity contribution in [3.63, 3.8) is 0 Å². The molecule has 1 aromatic heterocycles. The maximum Gasteiger partial charge on any atom is 0.415 e. The summed E-state index contributed by atoms with van der Waals surface area (Å²) in [5.74, 6) is 2.59. The number of benzene rings is 2. The summed E-state index contributed by atoms with van der Waals surface area (Å²) in [6.45, 7) is 2.57. The van der Waals surface area contributed by atoms with Gasteiger partial charge < -0.3 is 24.8 Å². The molecule has 2 fully saturated rings. The number of amides is 2. The molecule has 1 aliphatic carbocycles. The molecule has 2 amide bonds. The third-order valence-electron chi connectivity index (χ3n) is 7.39. The second-order valence-electron chi connectivity index (χ2n) is 10.3. The molecule has 1 atom stereocenters. The molecule has 2 aromatic carbocycles. The van der Waals surface area contributed by atoms with Crippen LogP contribution in [0.15, 0.2) is 60.7 Å². The molecular formula is C30H32N4O5. The van der Waals surface area contributed by atoms with Crippen molar-refractivity contribution in [1.82, 2.24) is 10.3 Å². The monoisotopic (exact) mass is 528 g/mol. The Labute approximate surface area is 227 Å². The van der Waals surface area contributed by atoms with Gasteiger partial charge in [-0.3, -0.25) is 9.69 Å². The van der Waals surface area contributed by atoms with Crippen LogP contribution in [0.2, 0.25) is 0 Å². The molecule has 3 heterocycles. The Morgan fingerprint density at radius 1 is 1.05 bits per heavy atom. The van der Waals surface area contributed by atoms with E-state index in [0.717, 1.165) is 23.5 Å². The Bertz CT molecular complexity index is 1360. The van der Waals surface area contributed by atoms with Gasteiger partial charge in [0.25, 0.3) is 5.91 Å². The molecule has 9 heteroatoms. The SMILES string of the molecule is O=C1COc2ccc(N3C[C@H](CCNCc4cccc(-c5cccc(OCC6CCC6)c5)c4)OC3=O)nc2N1. The van der Waals surface area contributed by atoms with Gasteiger partial charge in [-0.1, -0.05) is 36.8 Å². The number of rotatable bonds is 10. The molecule has 39 heavy (non-hydrogen) atoms. The summed E-state index contributed by atoms with van der Waals surface area (Å²) in [5, 5.41) is 6.13. The highest BCUT2D eigenvalue weighted by atomic mass is 16.6. The second kappa shape index (κ2) is 11.3. The van der Waals surface area contributed by atoms with Crippen LogP contribution in [-0.2, 0) is 16.1 Å². The van der Waals surface area contributed by atoms with E-state index in [-0.39, 0.29) is 18.6 Å². The van der Waals surface area contributed by atoms with Crippen LogP contribution in [-0.4, -0.2) is 49.4 Å². The summed E-state index contributed by atoms with van der Waals surface area (Å²) >= 11 is 0. The number of carbonyl (C=O) groups excluding carboxylic acids is 2. The molecule has 2 N–H and O–H groups in total. The van der Waals surface area contributed by atoms with Crippen molar-refractivity contribution < 1.29 is 23.8 Å². The molecule has 0 bridgehead atoms. The average Bonchev–Trinajstić information content (AvgIpc) is 3.30. The van der Waals surface area contributed by atoms with Gasteiger partial charge in [-0.05, 0) is 78.7 Å².